The summed E-state index contributed by atoms with van der Waals surface area (Å²) >= 11 is 0. The average Bonchev–Trinajstić information content (AvgIpc) is 2.57. The molecule has 1 amide bonds. The highest BCUT2D eigenvalue weighted by molar-refractivity contribution is 5.98. The minimum Gasteiger partial charge on any atom is -0.378 e. The molecule has 6 N–H and O–H groups in total. The van der Waals surface area contributed by atoms with Gasteiger partial charge >= 0.3 is 0 Å². The van der Waals surface area contributed by atoms with E-state index in [1.54, 1.807) is 6.92 Å². The molecular formula is C18H25FN6O. The summed E-state index contributed by atoms with van der Waals surface area (Å²) in [5, 5.41) is 5.96. The molecule has 0 bridgehead atoms. The molecule has 0 aliphatic carbocycles. The van der Waals surface area contributed by atoms with Crippen LogP contribution in [0.1, 0.15) is 24.2 Å². The van der Waals surface area contributed by atoms with Crippen LogP contribution in [-0.4, -0.2) is 37.1 Å². The molecule has 0 radical (unpaired) electrons. The number of aromatic nitrogens is 1. The first-order chi connectivity index (χ1) is 12.2. The lowest BCUT2D eigenvalue weighted by Crippen LogP contribution is -2.35. The summed E-state index contributed by atoms with van der Waals surface area (Å²) < 4.78 is 14.3. The Balaban J connectivity index is 2.41. The van der Waals surface area contributed by atoms with Crippen molar-refractivity contribution in [3.05, 3.63) is 41.7 Å². The average molecular weight is 360 g/mol. The summed E-state index contributed by atoms with van der Waals surface area (Å²) in [6.45, 7) is 3.63. The van der Waals surface area contributed by atoms with Crippen LogP contribution in [0.15, 0.2) is 30.3 Å². The SMILES string of the molecule is CC(Nc1nc(Nc2cccc(N(C)C)c2)c(C(N)=O)cc1F)[C@H](C)N. The molecule has 1 unspecified atom stereocenters. The van der Waals surface area contributed by atoms with E-state index in [2.05, 4.69) is 15.6 Å². The first-order valence-electron chi connectivity index (χ1n) is 8.26. The molecule has 2 atom stereocenters. The molecule has 0 saturated heterocycles. The number of amides is 1. The zero-order valence-corrected chi connectivity index (χ0v) is 15.4. The number of primary amides is 1. The highest BCUT2D eigenvalue weighted by Crippen LogP contribution is 2.26. The van der Waals surface area contributed by atoms with Crippen molar-refractivity contribution in [2.45, 2.75) is 25.9 Å². The van der Waals surface area contributed by atoms with Crippen molar-refractivity contribution in [2.24, 2.45) is 11.5 Å². The molecule has 2 rings (SSSR count). The normalized spacial score (nSPS) is 13.0. The molecule has 0 aliphatic rings. The van der Waals surface area contributed by atoms with E-state index >= 15 is 0 Å². The minimum atomic E-state index is -0.769. The number of carbonyl (C=O) groups excluding carboxylic acids is 1. The maximum absolute atomic E-state index is 14.3. The van der Waals surface area contributed by atoms with E-state index < -0.39 is 11.7 Å². The van der Waals surface area contributed by atoms with Gasteiger partial charge in [-0.3, -0.25) is 4.79 Å². The Hall–Kier alpha value is -2.87. The van der Waals surface area contributed by atoms with Gasteiger partial charge in [0.1, 0.15) is 5.82 Å². The van der Waals surface area contributed by atoms with Gasteiger partial charge in [-0.2, -0.15) is 0 Å². The summed E-state index contributed by atoms with van der Waals surface area (Å²) in [6.07, 6.45) is 0. The Bertz CT molecular complexity index is 793. The second kappa shape index (κ2) is 8.01. The van der Waals surface area contributed by atoms with E-state index in [1.807, 2.05) is 50.2 Å². The summed E-state index contributed by atoms with van der Waals surface area (Å²) in [5.74, 6) is -1.26. The van der Waals surface area contributed by atoms with Crippen LogP contribution in [0.4, 0.5) is 27.4 Å². The van der Waals surface area contributed by atoms with Gasteiger partial charge in [0.15, 0.2) is 11.6 Å². The number of hydrogen-bond donors (Lipinski definition) is 4. The van der Waals surface area contributed by atoms with Crippen LogP contribution in [0.5, 0.6) is 0 Å². The van der Waals surface area contributed by atoms with E-state index in [1.165, 1.54) is 0 Å². The van der Waals surface area contributed by atoms with Crippen LogP contribution >= 0.6 is 0 Å². The first kappa shape index (κ1) is 19.5. The lowest BCUT2D eigenvalue weighted by Gasteiger charge is -2.20. The number of hydrogen-bond acceptors (Lipinski definition) is 6. The van der Waals surface area contributed by atoms with Gasteiger partial charge in [-0.25, -0.2) is 9.37 Å². The molecule has 1 aromatic carbocycles. The highest BCUT2D eigenvalue weighted by atomic mass is 19.1. The number of pyridine rings is 1. The van der Waals surface area contributed by atoms with Gasteiger partial charge in [0, 0.05) is 37.6 Å². The lowest BCUT2D eigenvalue weighted by atomic mass is 10.1. The second-order valence-electron chi connectivity index (χ2n) is 6.44. The van der Waals surface area contributed by atoms with Crippen LogP contribution in [-0.2, 0) is 0 Å². The Morgan fingerprint density at radius 2 is 1.92 bits per heavy atom. The van der Waals surface area contributed by atoms with Gasteiger partial charge in [-0.05, 0) is 38.1 Å². The molecule has 8 heteroatoms. The Kier molecular flexibility index (Phi) is 5.99. The number of carbonyl (C=O) groups is 1. The number of anilines is 4. The number of rotatable bonds is 7. The third-order valence-corrected chi connectivity index (χ3v) is 4.02. The van der Waals surface area contributed by atoms with Crippen molar-refractivity contribution in [3.8, 4) is 0 Å². The Morgan fingerprint density at radius 3 is 2.50 bits per heavy atom. The fourth-order valence-corrected chi connectivity index (χ4v) is 2.22. The van der Waals surface area contributed by atoms with E-state index in [0.29, 0.717) is 5.69 Å². The molecule has 2 aromatic rings. The molecule has 0 fully saturated rings. The third kappa shape index (κ3) is 4.60. The largest absolute Gasteiger partial charge is 0.378 e. The molecule has 0 spiro atoms. The van der Waals surface area contributed by atoms with Crippen molar-refractivity contribution in [1.29, 1.82) is 0 Å². The number of nitrogens with one attached hydrogen (secondary N) is 2. The summed E-state index contributed by atoms with van der Waals surface area (Å²) in [6, 6.07) is 8.16. The van der Waals surface area contributed by atoms with Crippen LogP contribution in [0.3, 0.4) is 0 Å². The number of nitrogens with two attached hydrogens (primary N) is 2. The molecule has 1 aromatic heterocycles. The van der Waals surface area contributed by atoms with Gasteiger partial charge in [0.05, 0.1) is 5.56 Å². The van der Waals surface area contributed by atoms with Crippen LogP contribution < -0.4 is 27.0 Å². The maximum atomic E-state index is 14.3. The van der Waals surface area contributed by atoms with Gasteiger partial charge in [0.25, 0.3) is 5.91 Å². The molecule has 7 nitrogen and oxygen atoms in total. The zero-order valence-electron chi connectivity index (χ0n) is 15.4. The Morgan fingerprint density at radius 1 is 1.23 bits per heavy atom. The van der Waals surface area contributed by atoms with E-state index in [9.17, 15) is 9.18 Å². The van der Waals surface area contributed by atoms with Gasteiger partial charge in [0.2, 0.25) is 0 Å². The molecule has 140 valence electrons. The van der Waals surface area contributed by atoms with E-state index in [4.69, 9.17) is 11.5 Å². The van der Waals surface area contributed by atoms with Gasteiger partial charge in [-0.1, -0.05) is 6.07 Å². The second-order valence-corrected chi connectivity index (χ2v) is 6.44. The summed E-state index contributed by atoms with van der Waals surface area (Å²) in [7, 11) is 3.84. The van der Waals surface area contributed by atoms with Crippen molar-refractivity contribution < 1.29 is 9.18 Å². The zero-order chi connectivity index (χ0) is 19.4. The molecular weight excluding hydrogens is 335 g/mol. The summed E-state index contributed by atoms with van der Waals surface area (Å²) in [4.78, 5) is 17.9. The number of benzene rings is 1. The minimum absolute atomic E-state index is 0.00561. The molecule has 26 heavy (non-hydrogen) atoms. The van der Waals surface area contributed by atoms with Crippen molar-refractivity contribution in [1.82, 2.24) is 4.98 Å². The predicted molar refractivity (Wildman–Crippen MR) is 103 cm³/mol. The number of nitrogens with zero attached hydrogens (tertiary/aromatic N) is 2. The van der Waals surface area contributed by atoms with Gasteiger partial charge < -0.3 is 27.0 Å². The lowest BCUT2D eigenvalue weighted by molar-refractivity contribution is 0.100. The quantitative estimate of drug-likeness (QED) is 0.603. The first-order valence-corrected chi connectivity index (χ1v) is 8.26. The fourth-order valence-electron chi connectivity index (χ4n) is 2.22. The Labute approximate surface area is 152 Å². The standard InChI is InChI=1S/C18H25FN6O/c1-10(20)11(2)22-18-15(19)9-14(16(21)26)17(24-18)23-12-6-5-7-13(8-12)25(3)4/h5-11H,20H2,1-4H3,(H2,21,26)(H2,22,23,24)/t10-,11?/m0/s1. The summed E-state index contributed by atoms with van der Waals surface area (Å²) in [5.41, 5.74) is 12.8. The maximum Gasteiger partial charge on any atom is 0.252 e. The molecule has 1 heterocycles. The molecule has 0 aliphatic heterocycles. The van der Waals surface area contributed by atoms with E-state index in [-0.39, 0.29) is 29.3 Å². The van der Waals surface area contributed by atoms with E-state index in [0.717, 1.165) is 11.8 Å². The van der Waals surface area contributed by atoms with Gasteiger partial charge in [-0.15, -0.1) is 0 Å². The highest BCUT2D eigenvalue weighted by Gasteiger charge is 2.18. The number of halogens is 1. The van der Waals surface area contributed by atoms with Crippen molar-refractivity contribution in [3.63, 3.8) is 0 Å². The van der Waals surface area contributed by atoms with Crippen LogP contribution in [0.2, 0.25) is 0 Å². The monoisotopic (exact) mass is 360 g/mol. The van der Waals surface area contributed by atoms with Crippen LogP contribution in [0.25, 0.3) is 0 Å². The topological polar surface area (TPSA) is 109 Å². The molecule has 0 saturated carbocycles. The fraction of sp³-hybridized carbons (Fsp3) is 0.333. The van der Waals surface area contributed by atoms with Crippen molar-refractivity contribution >= 4 is 28.9 Å². The van der Waals surface area contributed by atoms with Crippen molar-refractivity contribution in [2.75, 3.05) is 29.6 Å². The third-order valence-electron chi connectivity index (χ3n) is 4.02. The van der Waals surface area contributed by atoms with Crippen LogP contribution in [0, 0.1) is 5.82 Å². The predicted octanol–water partition coefficient (Wildman–Crippen LogP) is 2.28. The smallest absolute Gasteiger partial charge is 0.252 e.